The van der Waals surface area contributed by atoms with Crippen molar-refractivity contribution in [2.24, 2.45) is 0 Å². The molecule has 1 aromatic rings. The lowest BCUT2D eigenvalue weighted by Crippen LogP contribution is -2.20. The van der Waals surface area contributed by atoms with Gasteiger partial charge in [-0.05, 0) is 19.8 Å². The van der Waals surface area contributed by atoms with Crippen LogP contribution in [0.4, 0.5) is 0 Å². The fourth-order valence-corrected chi connectivity index (χ4v) is 1.73. The highest BCUT2D eigenvalue weighted by atomic mass is 16.5. The molecule has 1 aliphatic heterocycles. The number of oxazole rings is 1. The quantitative estimate of drug-likeness (QED) is 0.816. The molecule has 1 atom stereocenters. The van der Waals surface area contributed by atoms with E-state index in [4.69, 9.17) is 14.3 Å². The molecule has 0 radical (unpaired) electrons. The third-order valence-corrected chi connectivity index (χ3v) is 2.56. The fourth-order valence-electron chi connectivity index (χ4n) is 1.73. The Bertz CT molecular complexity index is 365. The normalized spacial score (nSPS) is 25.7. The van der Waals surface area contributed by atoms with Gasteiger partial charge in [0.25, 0.3) is 0 Å². The maximum atomic E-state index is 10.5. The van der Waals surface area contributed by atoms with Crippen LogP contribution in [0.2, 0.25) is 0 Å². The molecular weight excluding hydrogens is 198 g/mol. The molecule has 2 heterocycles. The summed E-state index contributed by atoms with van der Waals surface area (Å²) in [4.78, 5) is 14.6. The second kappa shape index (κ2) is 3.66. The van der Waals surface area contributed by atoms with Crippen LogP contribution in [-0.2, 0) is 21.6 Å². The SMILES string of the molecule is CC1(c2nc(CC(=O)O)co2)CCCO1. The molecule has 0 saturated carbocycles. The maximum absolute atomic E-state index is 10.5. The van der Waals surface area contributed by atoms with Crippen molar-refractivity contribution in [1.82, 2.24) is 4.98 Å². The Morgan fingerprint density at radius 1 is 1.73 bits per heavy atom. The highest BCUT2D eigenvalue weighted by Gasteiger charge is 2.36. The van der Waals surface area contributed by atoms with Gasteiger partial charge in [0, 0.05) is 6.61 Å². The van der Waals surface area contributed by atoms with E-state index in [1.807, 2.05) is 6.92 Å². The summed E-state index contributed by atoms with van der Waals surface area (Å²) >= 11 is 0. The van der Waals surface area contributed by atoms with Gasteiger partial charge in [0.2, 0.25) is 5.89 Å². The molecule has 1 aromatic heterocycles. The number of carbonyl (C=O) groups is 1. The monoisotopic (exact) mass is 211 g/mol. The second-order valence-corrected chi connectivity index (χ2v) is 3.90. The van der Waals surface area contributed by atoms with Crippen molar-refractivity contribution in [1.29, 1.82) is 0 Å². The van der Waals surface area contributed by atoms with E-state index in [9.17, 15) is 4.79 Å². The molecule has 0 bridgehead atoms. The first-order valence-corrected chi connectivity index (χ1v) is 4.91. The Balaban J connectivity index is 2.15. The molecule has 5 heteroatoms. The fraction of sp³-hybridized carbons (Fsp3) is 0.600. The first-order valence-electron chi connectivity index (χ1n) is 4.91. The third-order valence-electron chi connectivity index (χ3n) is 2.56. The van der Waals surface area contributed by atoms with E-state index in [0.29, 0.717) is 18.2 Å². The van der Waals surface area contributed by atoms with Crippen molar-refractivity contribution in [2.75, 3.05) is 6.61 Å². The van der Waals surface area contributed by atoms with E-state index in [-0.39, 0.29) is 6.42 Å². The molecule has 0 aromatic carbocycles. The summed E-state index contributed by atoms with van der Waals surface area (Å²) < 4.78 is 10.8. The van der Waals surface area contributed by atoms with Gasteiger partial charge in [-0.1, -0.05) is 0 Å². The minimum absolute atomic E-state index is 0.112. The molecule has 1 unspecified atom stereocenters. The predicted molar refractivity (Wildman–Crippen MR) is 50.4 cm³/mol. The number of ether oxygens (including phenoxy) is 1. The molecule has 1 saturated heterocycles. The highest BCUT2D eigenvalue weighted by molar-refractivity contribution is 5.69. The zero-order valence-corrected chi connectivity index (χ0v) is 8.52. The van der Waals surface area contributed by atoms with Crippen LogP contribution in [0.25, 0.3) is 0 Å². The van der Waals surface area contributed by atoms with Crippen molar-refractivity contribution >= 4 is 5.97 Å². The molecule has 2 rings (SSSR count). The number of aromatic nitrogens is 1. The first-order chi connectivity index (χ1) is 7.10. The standard InChI is InChI=1S/C10H13NO4/c1-10(3-2-4-15-10)9-11-7(6-14-9)5-8(12)13/h6H,2-5H2,1H3,(H,12,13). The van der Waals surface area contributed by atoms with Gasteiger partial charge >= 0.3 is 5.97 Å². The number of hydrogen-bond acceptors (Lipinski definition) is 4. The van der Waals surface area contributed by atoms with Crippen LogP contribution >= 0.6 is 0 Å². The van der Waals surface area contributed by atoms with Crippen molar-refractivity contribution in [3.63, 3.8) is 0 Å². The van der Waals surface area contributed by atoms with Crippen molar-refractivity contribution in [3.05, 3.63) is 17.8 Å². The number of aliphatic carboxylic acids is 1. The zero-order chi connectivity index (χ0) is 10.9. The summed E-state index contributed by atoms with van der Waals surface area (Å²) in [6, 6.07) is 0. The lowest BCUT2D eigenvalue weighted by Gasteiger charge is -2.17. The Labute approximate surface area is 87.1 Å². The van der Waals surface area contributed by atoms with Crippen LogP contribution in [0.5, 0.6) is 0 Å². The van der Waals surface area contributed by atoms with Gasteiger partial charge in [0.15, 0.2) is 0 Å². The Kier molecular flexibility index (Phi) is 2.48. The summed E-state index contributed by atoms with van der Waals surface area (Å²) in [5, 5.41) is 8.59. The minimum Gasteiger partial charge on any atom is -0.481 e. The van der Waals surface area contributed by atoms with E-state index in [1.165, 1.54) is 6.26 Å². The third kappa shape index (κ3) is 2.02. The van der Waals surface area contributed by atoms with E-state index >= 15 is 0 Å². The topological polar surface area (TPSA) is 72.6 Å². The van der Waals surface area contributed by atoms with E-state index in [0.717, 1.165) is 12.8 Å². The molecule has 5 nitrogen and oxygen atoms in total. The molecule has 0 aliphatic carbocycles. The summed E-state index contributed by atoms with van der Waals surface area (Å²) in [5.74, 6) is -0.427. The van der Waals surface area contributed by atoms with Gasteiger partial charge in [0.1, 0.15) is 11.9 Å². The summed E-state index contributed by atoms with van der Waals surface area (Å²) in [5.41, 5.74) is -0.0363. The summed E-state index contributed by atoms with van der Waals surface area (Å²) in [6.45, 7) is 2.61. The molecular formula is C10H13NO4. The van der Waals surface area contributed by atoms with Gasteiger partial charge in [-0.2, -0.15) is 0 Å². The predicted octanol–water partition coefficient (Wildman–Crippen LogP) is 1.33. The van der Waals surface area contributed by atoms with Crippen LogP contribution in [0.3, 0.4) is 0 Å². The molecule has 1 fully saturated rings. The van der Waals surface area contributed by atoms with Gasteiger partial charge < -0.3 is 14.3 Å². The largest absolute Gasteiger partial charge is 0.481 e. The Hall–Kier alpha value is -1.36. The number of rotatable bonds is 3. The molecule has 82 valence electrons. The van der Waals surface area contributed by atoms with Gasteiger partial charge in [-0.15, -0.1) is 0 Å². The second-order valence-electron chi connectivity index (χ2n) is 3.90. The van der Waals surface area contributed by atoms with Crippen LogP contribution in [0.1, 0.15) is 31.4 Å². The number of nitrogens with zero attached hydrogens (tertiary/aromatic N) is 1. The van der Waals surface area contributed by atoms with Crippen molar-refractivity contribution in [2.45, 2.75) is 31.8 Å². The summed E-state index contributed by atoms with van der Waals surface area (Å²) in [6.07, 6.45) is 3.11. The molecule has 0 amide bonds. The van der Waals surface area contributed by atoms with Crippen molar-refractivity contribution < 1.29 is 19.1 Å². The number of carboxylic acid groups (broad SMARTS) is 1. The molecule has 1 aliphatic rings. The highest BCUT2D eigenvalue weighted by Crippen LogP contribution is 2.34. The van der Waals surface area contributed by atoms with Crippen LogP contribution < -0.4 is 0 Å². The lowest BCUT2D eigenvalue weighted by molar-refractivity contribution is -0.136. The van der Waals surface area contributed by atoms with Crippen molar-refractivity contribution in [3.8, 4) is 0 Å². The Morgan fingerprint density at radius 2 is 2.53 bits per heavy atom. The molecule has 15 heavy (non-hydrogen) atoms. The molecule has 0 spiro atoms. The molecule has 1 N–H and O–H groups in total. The summed E-state index contributed by atoms with van der Waals surface area (Å²) in [7, 11) is 0. The van der Waals surface area contributed by atoms with Gasteiger partial charge in [0.05, 0.1) is 12.1 Å². The van der Waals surface area contributed by atoms with Crippen LogP contribution in [-0.4, -0.2) is 22.7 Å². The van der Waals surface area contributed by atoms with Crippen LogP contribution in [0, 0.1) is 0 Å². The zero-order valence-electron chi connectivity index (χ0n) is 8.52. The maximum Gasteiger partial charge on any atom is 0.309 e. The average molecular weight is 211 g/mol. The van der Waals surface area contributed by atoms with Crippen LogP contribution in [0.15, 0.2) is 10.7 Å². The smallest absolute Gasteiger partial charge is 0.309 e. The van der Waals surface area contributed by atoms with E-state index < -0.39 is 11.6 Å². The minimum atomic E-state index is -0.910. The van der Waals surface area contributed by atoms with Gasteiger partial charge in [-0.25, -0.2) is 4.98 Å². The first kappa shape index (κ1) is 10.2. The lowest BCUT2D eigenvalue weighted by atomic mass is 10.0. The number of carboxylic acids is 1. The Morgan fingerprint density at radius 3 is 3.13 bits per heavy atom. The average Bonchev–Trinajstić information content (AvgIpc) is 2.74. The van der Waals surface area contributed by atoms with E-state index in [2.05, 4.69) is 4.98 Å². The van der Waals surface area contributed by atoms with E-state index in [1.54, 1.807) is 0 Å². The number of hydrogen-bond donors (Lipinski definition) is 1. The van der Waals surface area contributed by atoms with Gasteiger partial charge in [-0.3, -0.25) is 4.79 Å².